The van der Waals surface area contributed by atoms with E-state index in [1.54, 1.807) is 13.3 Å². The third kappa shape index (κ3) is 4.31. The molecule has 1 aliphatic heterocycles. The van der Waals surface area contributed by atoms with Gasteiger partial charge in [0.1, 0.15) is 11.6 Å². The lowest BCUT2D eigenvalue weighted by atomic mass is 10.00. The third-order valence-electron chi connectivity index (χ3n) is 5.49. The van der Waals surface area contributed by atoms with Crippen LogP contribution in [-0.4, -0.2) is 59.4 Å². The molecule has 0 unspecified atom stereocenters. The molecular formula is C20H29N5O2. The molecular weight excluding hydrogens is 342 g/mol. The number of nitrogens with two attached hydrogens (primary N) is 1. The van der Waals surface area contributed by atoms with Crippen molar-refractivity contribution in [2.75, 3.05) is 44.0 Å². The Labute approximate surface area is 160 Å². The lowest BCUT2D eigenvalue weighted by molar-refractivity contribution is 0.135. The highest BCUT2D eigenvalue weighted by atomic mass is 16.5. The molecule has 3 N–H and O–H groups in total. The molecule has 0 bridgehead atoms. The highest BCUT2D eigenvalue weighted by Gasteiger charge is 2.28. The minimum atomic E-state index is 0.168. The Balaban J connectivity index is 1.76. The molecule has 0 spiro atoms. The maximum atomic E-state index is 9.56. The van der Waals surface area contributed by atoms with E-state index in [4.69, 9.17) is 10.5 Å². The van der Waals surface area contributed by atoms with Gasteiger partial charge in [0.25, 0.3) is 0 Å². The topological polar surface area (TPSA) is 87.7 Å². The van der Waals surface area contributed by atoms with Gasteiger partial charge in [-0.15, -0.1) is 0 Å². The van der Waals surface area contributed by atoms with Crippen LogP contribution in [-0.2, 0) is 6.54 Å². The number of rotatable bonds is 6. The van der Waals surface area contributed by atoms with Gasteiger partial charge in [-0.3, -0.25) is 4.90 Å². The van der Waals surface area contributed by atoms with E-state index in [0.29, 0.717) is 0 Å². The van der Waals surface area contributed by atoms with Crippen LogP contribution in [0, 0.1) is 13.8 Å². The van der Waals surface area contributed by atoms with Crippen LogP contribution in [0.3, 0.4) is 0 Å². The van der Waals surface area contributed by atoms with Gasteiger partial charge in [0, 0.05) is 45.0 Å². The van der Waals surface area contributed by atoms with Crippen molar-refractivity contribution in [3.8, 4) is 5.75 Å². The van der Waals surface area contributed by atoms with Gasteiger partial charge >= 0.3 is 0 Å². The van der Waals surface area contributed by atoms with E-state index < -0.39 is 0 Å². The van der Waals surface area contributed by atoms with Crippen molar-refractivity contribution < 1.29 is 9.84 Å². The molecule has 0 amide bonds. The quantitative estimate of drug-likeness (QED) is 0.800. The van der Waals surface area contributed by atoms with E-state index in [9.17, 15) is 5.11 Å². The van der Waals surface area contributed by atoms with Crippen molar-refractivity contribution in [2.45, 2.75) is 32.9 Å². The molecule has 3 rings (SSSR count). The van der Waals surface area contributed by atoms with Crippen LogP contribution in [0.5, 0.6) is 5.75 Å². The maximum absolute atomic E-state index is 9.56. The van der Waals surface area contributed by atoms with E-state index in [2.05, 4.69) is 39.7 Å². The highest BCUT2D eigenvalue weighted by molar-refractivity contribution is 5.44. The Morgan fingerprint density at radius 2 is 2.04 bits per heavy atom. The second-order valence-electron chi connectivity index (χ2n) is 7.03. The predicted molar refractivity (Wildman–Crippen MR) is 107 cm³/mol. The summed E-state index contributed by atoms with van der Waals surface area (Å²) in [7, 11) is 1.71. The number of aliphatic hydroxyl groups is 1. The van der Waals surface area contributed by atoms with Crippen molar-refractivity contribution in [1.82, 2.24) is 14.9 Å². The molecule has 1 atom stereocenters. The average molecular weight is 371 g/mol. The summed E-state index contributed by atoms with van der Waals surface area (Å²) in [5, 5.41) is 9.56. The fraction of sp³-hybridized carbons (Fsp3) is 0.500. The fourth-order valence-corrected chi connectivity index (χ4v) is 3.74. The molecule has 2 aromatic rings. The van der Waals surface area contributed by atoms with Crippen LogP contribution in [0.25, 0.3) is 0 Å². The molecule has 27 heavy (non-hydrogen) atoms. The summed E-state index contributed by atoms with van der Waals surface area (Å²) < 4.78 is 5.43. The zero-order valence-corrected chi connectivity index (χ0v) is 16.4. The Kier molecular flexibility index (Phi) is 6.13. The van der Waals surface area contributed by atoms with Gasteiger partial charge < -0.3 is 20.5 Å². The number of methoxy groups -OCH3 is 1. The first kappa shape index (κ1) is 19.4. The van der Waals surface area contributed by atoms with E-state index in [0.717, 1.165) is 44.2 Å². The first-order valence-corrected chi connectivity index (χ1v) is 9.35. The summed E-state index contributed by atoms with van der Waals surface area (Å²) in [5.41, 5.74) is 9.49. The molecule has 1 aromatic carbocycles. The van der Waals surface area contributed by atoms with Crippen molar-refractivity contribution >= 4 is 11.8 Å². The van der Waals surface area contributed by atoms with Gasteiger partial charge in [0.05, 0.1) is 7.11 Å². The van der Waals surface area contributed by atoms with E-state index in [1.165, 1.54) is 16.7 Å². The van der Waals surface area contributed by atoms with Gasteiger partial charge in [-0.25, -0.2) is 4.98 Å². The zero-order valence-electron chi connectivity index (χ0n) is 16.4. The minimum absolute atomic E-state index is 0.168. The molecule has 0 radical (unpaired) electrons. The van der Waals surface area contributed by atoms with Gasteiger partial charge in [-0.05, 0) is 49.1 Å². The molecule has 7 heteroatoms. The first-order chi connectivity index (χ1) is 13.0. The Morgan fingerprint density at radius 3 is 2.74 bits per heavy atom. The molecule has 1 aromatic heterocycles. The van der Waals surface area contributed by atoms with E-state index in [1.807, 2.05) is 12.1 Å². The number of nitrogen functional groups attached to an aromatic ring is 1. The average Bonchev–Trinajstić information content (AvgIpc) is 2.67. The summed E-state index contributed by atoms with van der Waals surface area (Å²) in [5.74, 6) is 2.06. The van der Waals surface area contributed by atoms with Crippen LogP contribution in [0.4, 0.5) is 11.8 Å². The van der Waals surface area contributed by atoms with Crippen molar-refractivity contribution in [3.05, 3.63) is 41.1 Å². The summed E-state index contributed by atoms with van der Waals surface area (Å²) in [6, 6.07) is 6.33. The van der Waals surface area contributed by atoms with Crippen LogP contribution >= 0.6 is 0 Å². The molecule has 1 aliphatic rings. The van der Waals surface area contributed by atoms with E-state index in [-0.39, 0.29) is 18.6 Å². The number of nitrogens with zero attached hydrogens (tertiary/aromatic N) is 4. The van der Waals surface area contributed by atoms with Crippen LogP contribution < -0.4 is 15.4 Å². The number of piperazine rings is 1. The molecule has 1 saturated heterocycles. The monoisotopic (exact) mass is 371 g/mol. The lowest BCUT2D eigenvalue weighted by Crippen LogP contribution is -2.53. The second kappa shape index (κ2) is 8.54. The maximum Gasteiger partial charge on any atom is 0.221 e. The number of aromatic nitrogens is 2. The number of aliphatic hydroxyl groups excluding tert-OH is 1. The lowest BCUT2D eigenvalue weighted by Gasteiger charge is -2.42. The largest absolute Gasteiger partial charge is 0.496 e. The van der Waals surface area contributed by atoms with Crippen molar-refractivity contribution in [1.29, 1.82) is 0 Å². The number of ether oxygens (including phenoxy) is 1. The Bertz CT molecular complexity index is 783. The fourth-order valence-electron chi connectivity index (χ4n) is 3.74. The molecule has 0 saturated carbocycles. The highest BCUT2D eigenvalue weighted by Crippen LogP contribution is 2.27. The Hall–Kier alpha value is -2.38. The summed E-state index contributed by atoms with van der Waals surface area (Å²) in [6.45, 7) is 7.86. The van der Waals surface area contributed by atoms with Crippen LogP contribution in [0.1, 0.15) is 23.1 Å². The summed E-state index contributed by atoms with van der Waals surface area (Å²) >= 11 is 0. The Morgan fingerprint density at radius 1 is 1.22 bits per heavy atom. The second-order valence-corrected chi connectivity index (χ2v) is 7.03. The third-order valence-corrected chi connectivity index (χ3v) is 5.49. The molecule has 2 heterocycles. The van der Waals surface area contributed by atoms with Crippen molar-refractivity contribution in [3.63, 3.8) is 0 Å². The minimum Gasteiger partial charge on any atom is -0.496 e. The molecule has 0 aliphatic carbocycles. The molecule has 7 nitrogen and oxygen atoms in total. The van der Waals surface area contributed by atoms with Gasteiger partial charge in [0.15, 0.2) is 0 Å². The standard InChI is InChI=1S/C20H29N5O2/c1-14-15(2)18(27-3)5-4-16(14)12-24-9-10-25(13-17(24)7-11-26)19-6-8-22-20(21)23-19/h4-6,8,17,26H,7,9-13H2,1-3H3,(H2,21,22,23)/t17-/m1/s1. The summed E-state index contributed by atoms with van der Waals surface area (Å²) in [4.78, 5) is 13.0. The molecule has 146 valence electrons. The van der Waals surface area contributed by atoms with E-state index >= 15 is 0 Å². The van der Waals surface area contributed by atoms with Crippen LogP contribution in [0.15, 0.2) is 24.4 Å². The number of hydrogen-bond acceptors (Lipinski definition) is 7. The van der Waals surface area contributed by atoms with Gasteiger partial charge in [-0.2, -0.15) is 4.98 Å². The first-order valence-electron chi connectivity index (χ1n) is 9.35. The van der Waals surface area contributed by atoms with Gasteiger partial charge in [0.2, 0.25) is 5.95 Å². The summed E-state index contributed by atoms with van der Waals surface area (Å²) in [6.07, 6.45) is 2.42. The van der Waals surface area contributed by atoms with Crippen molar-refractivity contribution in [2.24, 2.45) is 0 Å². The SMILES string of the molecule is COc1ccc(CN2CCN(c3ccnc(N)n3)C[C@H]2CCO)c(C)c1C. The number of hydrogen-bond donors (Lipinski definition) is 2. The van der Waals surface area contributed by atoms with Gasteiger partial charge in [-0.1, -0.05) is 6.07 Å². The zero-order chi connectivity index (χ0) is 19.4. The number of benzene rings is 1. The molecule has 1 fully saturated rings. The smallest absolute Gasteiger partial charge is 0.221 e. The predicted octanol–water partition coefficient (Wildman–Crippen LogP) is 1.76. The van der Waals surface area contributed by atoms with Crippen LogP contribution in [0.2, 0.25) is 0 Å². The normalized spacial score (nSPS) is 17.9. The number of anilines is 2.